The van der Waals surface area contributed by atoms with E-state index in [0.29, 0.717) is 88.7 Å². The number of rotatable bonds is 12. The van der Waals surface area contributed by atoms with Crippen LogP contribution in [0.25, 0.3) is 44.3 Å². The molecule has 87 heavy (non-hydrogen) atoms. The number of fused-ring (bicyclic) bond motifs is 2. The Hall–Kier alpha value is -9.00. The summed E-state index contributed by atoms with van der Waals surface area (Å²) in [5, 5.41) is 20.5. The quantitative estimate of drug-likeness (QED) is 0.0620. The second-order valence-electron chi connectivity index (χ2n) is 19.8. The van der Waals surface area contributed by atoms with E-state index in [2.05, 4.69) is 35.9 Å². The second-order valence-corrected chi connectivity index (χ2v) is 24.2. The fourth-order valence-corrected chi connectivity index (χ4v) is 13.0. The maximum Gasteiger partial charge on any atom is 0.335 e. The molecule has 450 valence electrons. The van der Waals surface area contributed by atoms with Gasteiger partial charge in [0.05, 0.1) is 71.6 Å². The van der Waals surface area contributed by atoms with Gasteiger partial charge in [-0.25, -0.2) is 58.3 Å². The number of carboxylic acids is 1. The number of piperidine rings is 2. The van der Waals surface area contributed by atoms with Crippen molar-refractivity contribution in [3.63, 3.8) is 0 Å². The number of anilines is 4. The highest BCUT2D eigenvalue weighted by Crippen LogP contribution is 2.38. The molecule has 2 aliphatic heterocycles. The molecule has 19 nitrogen and oxygen atoms in total. The number of carboxylic acid groups (broad SMARTS) is 1. The van der Waals surface area contributed by atoms with Gasteiger partial charge in [-0.15, -0.1) is 0 Å². The van der Waals surface area contributed by atoms with Crippen molar-refractivity contribution in [3.8, 4) is 22.5 Å². The molecule has 1 amide bonds. The van der Waals surface area contributed by atoms with E-state index >= 15 is 0 Å². The highest BCUT2D eigenvalue weighted by molar-refractivity contribution is 7.90. The number of nitrogens with zero attached hydrogens (tertiary/aromatic N) is 7. The van der Waals surface area contributed by atoms with Crippen LogP contribution in [-0.4, -0.2) is 105 Å². The van der Waals surface area contributed by atoms with Crippen LogP contribution in [0.5, 0.6) is 0 Å². The van der Waals surface area contributed by atoms with Gasteiger partial charge in [-0.3, -0.25) is 4.79 Å². The normalized spacial score (nSPS) is 13.9. The predicted octanol–water partition coefficient (Wildman–Crippen LogP) is 11.7. The first-order chi connectivity index (χ1) is 42.3. The fourth-order valence-electron chi connectivity index (χ4n) is 9.80. The van der Waals surface area contributed by atoms with E-state index < -0.39 is 37.7 Å². The number of nitrogens with one attached hydrogen (secondary N) is 3. The molecule has 10 aromatic rings. The molecule has 0 saturated carbocycles. The third-order valence-electron chi connectivity index (χ3n) is 14.2. The summed E-state index contributed by atoms with van der Waals surface area (Å²) in [6, 6.07) is 38.8. The molecule has 12 rings (SSSR count). The number of benzene rings is 6. The summed E-state index contributed by atoms with van der Waals surface area (Å²) in [6.07, 6.45) is 9.39. The number of hydrogen-bond acceptors (Lipinski definition) is 15. The van der Waals surface area contributed by atoms with Gasteiger partial charge in [0.2, 0.25) is 11.9 Å². The maximum absolute atomic E-state index is 13.9. The predicted molar refractivity (Wildman–Crippen MR) is 336 cm³/mol. The zero-order valence-electron chi connectivity index (χ0n) is 47.7. The first kappa shape index (κ1) is 61.1. The molecule has 0 aliphatic carbocycles. The Morgan fingerprint density at radius 2 is 1.02 bits per heavy atom. The highest BCUT2D eigenvalue weighted by atomic mass is 35.5. The zero-order chi connectivity index (χ0) is 62.7. The van der Waals surface area contributed by atoms with Crippen LogP contribution in [0.4, 0.5) is 32.1 Å². The smallest absolute Gasteiger partial charge is 0.335 e. The van der Waals surface area contributed by atoms with E-state index in [1.165, 1.54) is 44.6 Å². The van der Waals surface area contributed by atoms with E-state index in [9.17, 15) is 35.2 Å². The monoisotopic (exact) mass is 1260 g/mol. The lowest BCUT2D eigenvalue weighted by Crippen LogP contribution is -2.42. The molecule has 6 aromatic carbocycles. The van der Waals surface area contributed by atoms with Crippen molar-refractivity contribution in [2.24, 2.45) is 0 Å². The van der Waals surface area contributed by atoms with Crippen LogP contribution in [0.2, 0.25) is 10.0 Å². The lowest BCUT2D eigenvalue weighted by molar-refractivity contribution is 0.0693. The van der Waals surface area contributed by atoms with Gasteiger partial charge in [-0.1, -0.05) is 110 Å². The molecule has 0 bridgehead atoms. The van der Waals surface area contributed by atoms with E-state index in [4.69, 9.17) is 41.1 Å². The van der Waals surface area contributed by atoms with Gasteiger partial charge in [-0.05, 0) is 112 Å². The van der Waals surface area contributed by atoms with Gasteiger partial charge in [0.1, 0.15) is 11.6 Å². The Morgan fingerprint density at radius 1 is 0.621 bits per heavy atom. The number of carbonyl (C=O) groups excluding carboxylic acids is 1. The summed E-state index contributed by atoms with van der Waals surface area (Å²) < 4.78 is 89.0. The van der Waals surface area contributed by atoms with Crippen LogP contribution in [0.15, 0.2) is 180 Å². The van der Waals surface area contributed by atoms with E-state index in [-0.39, 0.29) is 55.3 Å². The number of likely N-dealkylation sites (tertiary alicyclic amines) is 1. The highest BCUT2D eigenvalue weighted by Gasteiger charge is 2.28. The average Bonchev–Trinajstić information content (AvgIpc) is 2.73. The molecule has 0 unspecified atom stereocenters. The van der Waals surface area contributed by atoms with Crippen molar-refractivity contribution in [3.05, 3.63) is 203 Å². The van der Waals surface area contributed by atoms with Gasteiger partial charge in [0, 0.05) is 66.4 Å². The number of aromatic nitrogens is 6. The molecule has 6 heterocycles. The molecule has 0 radical (unpaired) electrons. The number of halogens is 4. The molecule has 0 atom stereocenters. The van der Waals surface area contributed by atoms with Gasteiger partial charge in [0.15, 0.2) is 0 Å². The largest absolute Gasteiger partial charge is 0.478 e. The first-order valence-electron chi connectivity index (χ1n) is 28.0. The Morgan fingerprint density at radius 3 is 1.46 bits per heavy atom. The lowest BCUT2D eigenvalue weighted by Gasteiger charge is -2.32. The van der Waals surface area contributed by atoms with Crippen LogP contribution in [0.3, 0.4) is 0 Å². The summed E-state index contributed by atoms with van der Waals surface area (Å²) in [5.41, 5.74) is 13.9. The van der Waals surface area contributed by atoms with Crippen molar-refractivity contribution in [2.45, 2.75) is 61.4 Å². The van der Waals surface area contributed by atoms with Crippen molar-refractivity contribution in [1.82, 2.24) is 38.1 Å². The molecular weight excluding hydrogens is 1200 g/mol. The lowest BCUT2D eigenvalue weighted by atomic mass is 10.0. The molecule has 2 aliphatic rings. The zero-order valence-corrected chi connectivity index (χ0v) is 49.8. The fraction of sp³-hybridized carbons (Fsp3) is 0.194. The first-order valence-corrected chi connectivity index (χ1v) is 31.0. The number of nitrogens with two attached hydrogens (primary N) is 2. The summed E-state index contributed by atoms with van der Waals surface area (Å²) in [6.45, 7) is 5.12. The third kappa shape index (κ3) is 14.1. The standard InChI is InChI=1S/C30H26ClFN6O3S.C23H22ClN5O2S.C7H6FNO2.C2H6/c31-24-17-34-30(35-20-12-14-37(15-13-20)29(39)19-10-11-26(33)25(32)16-19)36-28(24)23-18-38(27-9-5-4-8-22(23)27)42(40,41)21-6-2-1-3-7-21;24-20-14-26-23(27-16-10-12-25-13-11-16)28-22(20)19-15-29(21-9-5-4-8-18(19)21)32(30,31)17-6-2-1-3-7-17;8-5-3-4(7(10)11)1-2-6(5)9;1-2/h1-11,16-18,20H,12-15,33H2,(H,34,35,36);1-9,14-16,25H,10-13H2,(H,26,27,28);1-3H,9H2,(H,10,11);1-2H3/i;;;1D. The number of para-hydroxylation sites is 2. The van der Waals surface area contributed by atoms with Crippen LogP contribution < -0.4 is 27.4 Å². The van der Waals surface area contributed by atoms with Crippen LogP contribution in [0.1, 0.15) is 61.6 Å². The maximum atomic E-state index is 13.9. The summed E-state index contributed by atoms with van der Waals surface area (Å²) >= 11 is 13.1. The topological polar surface area (TPSA) is 275 Å². The van der Waals surface area contributed by atoms with Crippen LogP contribution in [0, 0.1) is 11.6 Å². The van der Waals surface area contributed by atoms with Gasteiger partial charge in [-0.2, -0.15) is 0 Å². The minimum Gasteiger partial charge on any atom is -0.478 e. The Labute approximate surface area is 512 Å². The Balaban J connectivity index is 0.000000176. The molecule has 2 saturated heterocycles. The Kier molecular flexibility index (Phi) is 19.4. The van der Waals surface area contributed by atoms with Crippen molar-refractivity contribution in [1.29, 1.82) is 0 Å². The van der Waals surface area contributed by atoms with E-state index in [0.717, 1.165) is 43.5 Å². The van der Waals surface area contributed by atoms with Crippen molar-refractivity contribution in [2.75, 3.05) is 48.3 Å². The molecule has 25 heteroatoms. The van der Waals surface area contributed by atoms with Crippen LogP contribution >= 0.6 is 23.2 Å². The Bertz CT molecular complexity index is 4370. The summed E-state index contributed by atoms with van der Waals surface area (Å²) in [7, 11) is -7.67. The minimum absolute atomic E-state index is 0.000765. The second kappa shape index (κ2) is 27.6. The van der Waals surface area contributed by atoms with Crippen molar-refractivity contribution >= 4 is 100 Å². The molecule has 4 aromatic heterocycles. The molecule has 2 fully saturated rings. The van der Waals surface area contributed by atoms with E-state index in [1.807, 2.05) is 30.3 Å². The number of carbonyl (C=O) groups is 2. The number of nitrogen functional groups attached to an aromatic ring is 2. The number of aromatic carboxylic acids is 1. The van der Waals surface area contributed by atoms with Gasteiger partial charge >= 0.3 is 5.97 Å². The third-order valence-corrected chi connectivity index (χ3v) is 18.2. The molecule has 0 spiro atoms. The SMILES string of the molecule is Nc1ccc(C(=O)N2CCC(Nc3ncc(Cl)c(-c4cn(S(=O)(=O)c5ccccc5)c5ccccc45)n3)CC2)cc1F.Nc1ccc(C(=O)O)cc1F.O=S(=O)(c1ccccc1)n1cc(-c2nc(NC3CCNCC3)ncc2Cl)c2ccccc21.[2H]CC. The van der Waals surface area contributed by atoms with Gasteiger partial charge < -0.3 is 37.4 Å². The molecule has 8 N–H and O–H groups in total. The number of amides is 1. The summed E-state index contributed by atoms with van der Waals surface area (Å²) in [4.78, 5) is 43.2. The van der Waals surface area contributed by atoms with Crippen LogP contribution in [-0.2, 0) is 20.0 Å². The summed E-state index contributed by atoms with van der Waals surface area (Å²) in [5.74, 6) is -1.91. The minimum atomic E-state index is -3.88. The van der Waals surface area contributed by atoms with Crippen molar-refractivity contribution < 1.29 is 41.7 Å². The van der Waals surface area contributed by atoms with Gasteiger partial charge in [0.25, 0.3) is 26.0 Å². The molecular formula is C62H60Cl2F2N12O7S2. The number of hydrogen-bond donors (Lipinski definition) is 6. The van der Waals surface area contributed by atoms with E-state index in [1.54, 1.807) is 103 Å². The average molecular weight is 1260 g/mol.